The first kappa shape index (κ1) is 21.6. The van der Waals surface area contributed by atoms with Gasteiger partial charge in [0.2, 0.25) is 0 Å². The van der Waals surface area contributed by atoms with Crippen LogP contribution in [0.25, 0.3) is 11.7 Å². The molecule has 0 spiro atoms. The Kier molecular flexibility index (Phi) is 6.07. The molecule has 2 aromatic rings. The fourth-order valence-corrected chi connectivity index (χ4v) is 6.49. The number of fused-ring (bicyclic) bond motifs is 1. The van der Waals surface area contributed by atoms with Gasteiger partial charge in [-0.05, 0) is 49.8 Å². The molecule has 8 heteroatoms. The molecule has 1 saturated carbocycles. The van der Waals surface area contributed by atoms with Crippen molar-refractivity contribution in [2.75, 3.05) is 18.0 Å². The number of rotatable bonds is 3. The average molecular weight is 469 g/mol. The topological polar surface area (TPSA) is 57.9 Å². The molecule has 1 aliphatic carbocycles. The summed E-state index contributed by atoms with van der Waals surface area (Å²) in [7, 11) is 0. The van der Waals surface area contributed by atoms with Crippen LogP contribution in [0, 0.1) is 5.92 Å². The zero-order valence-corrected chi connectivity index (χ0v) is 20.0. The highest BCUT2D eigenvalue weighted by Crippen LogP contribution is 2.38. The first-order valence-corrected chi connectivity index (χ1v) is 12.8. The molecular weight excluding hydrogens is 440 g/mol. The van der Waals surface area contributed by atoms with Gasteiger partial charge in [0.25, 0.3) is 11.5 Å². The van der Waals surface area contributed by atoms with Gasteiger partial charge in [-0.25, -0.2) is 4.98 Å². The Bertz CT molecular complexity index is 1150. The molecular formula is C24H28N4O2S2. The molecule has 32 heavy (non-hydrogen) atoms. The number of nitrogens with zero attached hydrogens (tertiary/aromatic N) is 4. The fourth-order valence-electron chi connectivity index (χ4n) is 5.11. The van der Waals surface area contributed by atoms with Crippen molar-refractivity contribution in [1.82, 2.24) is 14.3 Å². The van der Waals surface area contributed by atoms with Crippen molar-refractivity contribution in [3.05, 3.63) is 45.2 Å². The summed E-state index contributed by atoms with van der Waals surface area (Å²) in [6, 6.07) is 5.75. The predicted molar refractivity (Wildman–Crippen MR) is 134 cm³/mol. The van der Waals surface area contributed by atoms with Crippen LogP contribution in [-0.2, 0) is 4.79 Å². The number of pyridine rings is 1. The maximum absolute atomic E-state index is 13.5. The van der Waals surface area contributed by atoms with E-state index in [9.17, 15) is 9.59 Å². The predicted octanol–water partition coefficient (Wildman–Crippen LogP) is 4.46. The minimum Gasteiger partial charge on any atom is -0.356 e. The third-order valence-corrected chi connectivity index (χ3v) is 8.07. The molecule has 2 saturated heterocycles. The van der Waals surface area contributed by atoms with E-state index in [1.54, 1.807) is 21.6 Å². The van der Waals surface area contributed by atoms with E-state index in [0.29, 0.717) is 32.2 Å². The summed E-state index contributed by atoms with van der Waals surface area (Å²) in [6.45, 7) is 3.96. The largest absolute Gasteiger partial charge is 0.356 e. The van der Waals surface area contributed by atoms with E-state index < -0.39 is 0 Å². The summed E-state index contributed by atoms with van der Waals surface area (Å²) in [5.74, 6) is 1.15. The number of anilines is 1. The molecule has 2 aromatic heterocycles. The highest BCUT2D eigenvalue weighted by molar-refractivity contribution is 8.26. The second-order valence-electron chi connectivity index (χ2n) is 9.12. The van der Waals surface area contributed by atoms with Crippen LogP contribution in [0.3, 0.4) is 0 Å². The average Bonchev–Trinajstić information content (AvgIpc) is 3.09. The van der Waals surface area contributed by atoms with Crippen LogP contribution >= 0.6 is 24.0 Å². The summed E-state index contributed by atoms with van der Waals surface area (Å²) in [4.78, 5) is 36.2. The molecule has 1 amide bonds. The minimum atomic E-state index is -0.147. The van der Waals surface area contributed by atoms with Gasteiger partial charge in [-0.15, -0.1) is 0 Å². The molecule has 0 bridgehead atoms. The first-order valence-electron chi connectivity index (χ1n) is 11.6. The van der Waals surface area contributed by atoms with E-state index in [2.05, 4.69) is 11.8 Å². The van der Waals surface area contributed by atoms with Crippen LogP contribution in [0.15, 0.2) is 34.1 Å². The van der Waals surface area contributed by atoms with Gasteiger partial charge in [0.05, 0.1) is 10.5 Å². The molecule has 6 nitrogen and oxygen atoms in total. The minimum absolute atomic E-state index is 0.0672. The van der Waals surface area contributed by atoms with Gasteiger partial charge >= 0.3 is 0 Å². The Labute approximate surface area is 197 Å². The summed E-state index contributed by atoms with van der Waals surface area (Å²) >= 11 is 6.91. The number of hydrogen-bond donors (Lipinski definition) is 0. The molecule has 4 heterocycles. The van der Waals surface area contributed by atoms with E-state index >= 15 is 0 Å². The number of carbonyl (C=O) groups is 1. The first-order chi connectivity index (χ1) is 15.5. The third-order valence-electron chi connectivity index (χ3n) is 6.74. The normalized spacial score (nSPS) is 24.2. The van der Waals surface area contributed by atoms with Crippen molar-refractivity contribution in [3.8, 4) is 0 Å². The van der Waals surface area contributed by atoms with Crippen molar-refractivity contribution < 1.29 is 4.79 Å². The smallest absolute Gasteiger partial charge is 0.267 e. The summed E-state index contributed by atoms with van der Waals surface area (Å²) < 4.78 is 2.17. The molecule has 0 radical (unpaired) electrons. The summed E-state index contributed by atoms with van der Waals surface area (Å²) in [6.07, 6.45) is 11.2. The van der Waals surface area contributed by atoms with Gasteiger partial charge in [-0.2, -0.15) is 0 Å². The fraction of sp³-hybridized carbons (Fsp3) is 0.500. The number of hydrogen-bond acceptors (Lipinski definition) is 6. The van der Waals surface area contributed by atoms with Gasteiger partial charge < -0.3 is 4.90 Å². The summed E-state index contributed by atoms with van der Waals surface area (Å²) in [5, 5.41) is 0. The Morgan fingerprint density at radius 3 is 2.72 bits per heavy atom. The lowest BCUT2D eigenvalue weighted by molar-refractivity contribution is -0.124. The zero-order valence-electron chi connectivity index (χ0n) is 18.3. The Morgan fingerprint density at radius 2 is 1.94 bits per heavy atom. The molecule has 0 N–H and O–H groups in total. The molecule has 5 rings (SSSR count). The number of thioether (sulfide) groups is 1. The lowest BCUT2D eigenvalue weighted by Crippen LogP contribution is -2.39. The van der Waals surface area contributed by atoms with Gasteiger partial charge in [0.1, 0.15) is 15.8 Å². The number of amides is 1. The molecule has 3 aliphatic rings. The molecule has 1 unspecified atom stereocenters. The van der Waals surface area contributed by atoms with Crippen molar-refractivity contribution in [2.24, 2.45) is 5.92 Å². The van der Waals surface area contributed by atoms with Crippen molar-refractivity contribution in [1.29, 1.82) is 0 Å². The Morgan fingerprint density at radius 1 is 1.12 bits per heavy atom. The zero-order chi connectivity index (χ0) is 22.2. The number of thiocarbonyl (C=S) groups is 1. The molecule has 1 atom stereocenters. The SMILES string of the molecule is CC1CCCN(c2nc3ccccn3c(=O)c2/C=C2/SC(=S)N(C3CCCCC3)C2=O)C1. The van der Waals surface area contributed by atoms with E-state index in [1.807, 2.05) is 18.2 Å². The van der Waals surface area contributed by atoms with E-state index in [1.165, 1.54) is 24.6 Å². The maximum atomic E-state index is 13.5. The molecule has 0 aromatic carbocycles. The van der Waals surface area contributed by atoms with Gasteiger partial charge in [-0.1, -0.05) is 56.2 Å². The summed E-state index contributed by atoms with van der Waals surface area (Å²) in [5.41, 5.74) is 0.955. The van der Waals surface area contributed by atoms with Crippen molar-refractivity contribution >= 4 is 51.7 Å². The highest BCUT2D eigenvalue weighted by atomic mass is 32.2. The standard InChI is InChI=1S/C24H28N4O2S2/c1-16-8-7-12-26(15-16)21-18(22(29)27-13-6-5-11-20(27)25-21)14-19-23(30)28(24(31)32-19)17-9-3-2-4-10-17/h5-6,11,13-14,16-17H,2-4,7-10,12,15H2,1H3/b19-14+. The Balaban J connectivity index is 1.58. The molecule has 2 aliphatic heterocycles. The Hall–Kier alpha value is -2.19. The van der Waals surface area contributed by atoms with Crippen LogP contribution < -0.4 is 10.5 Å². The van der Waals surface area contributed by atoms with Crippen LogP contribution in [-0.4, -0.2) is 43.6 Å². The van der Waals surface area contributed by atoms with Crippen molar-refractivity contribution in [3.63, 3.8) is 0 Å². The maximum Gasteiger partial charge on any atom is 0.267 e. The van der Waals surface area contributed by atoms with Crippen molar-refractivity contribution in [2.45, 2.75) is 57.9 Å². The lowest BCUT2D eigenvalue weighted by Gasteiger charge is -2.32. The van der Waals surface area contributed by atoms with Gasteiger partial charge in [0.15, 0.2) is 0 Å². The third kappa shape index (κ3) is 3.99. The molecule has 168 valence electrons. The van der Waals surface area contributed by atoms with Crippen LogP contribution in [0.5, 0.6) is 0 Å². The van der Waals surface area contributed by atoms with Crippen LogP contribution in [0.1, 0.15) is 57.4 Å². The second-order valence-corrected chi connectivity index (χ2v) is 10.8. The lowest BCUT2D eigenvalue weighted by atomic mass is 9.94. The highest BCUT2D eigenvalue weighted by Gasteiger charge is 2.38. The number of piperidine rings is 1. The number of carbonyl (C=O) groups excluding carboxylic acids is 1. The number of aromatic nitrogens is 2. The second kappa shape index (κ2) is 8.98. The van der Waals surface area contributed by atoms with Gasteiger partial charge in [-0.3, -0.25) is 18.9 Å². The van der Waals surface area contributed by atoms with E-state index in [0.717, 1.165) is 45.2 Å². The monoisotopic (exact) mass is 468 g/mol. The van der Waals surface area contributed by atoms with Gasteiger partial charge in [0, 0.05) is 25.3 Å². The van der Waals surface area contributed by atoms with Crippen LogP contribution in [0.2, 0.25) is 0 Å². The van der Waals surface area contributed by atoms with E-state index in [-0.39, 0.29) is 17.5 Å². The van der Waals surface area contributed by atoms with Crippen LogP contribution in [0.4, 0.5) is 5.82 Å². The quantitative estimate of drug-likeness (QED) is 0.490. The molecule has 3 fully saturated rings. The van der Waals surface area contributed by atoms with E-state index in [4.69, 9.17) is 17.2 Å².